The number of aromatic amines is 1. The van der Waals surface area contributed by atoms with E-state index < -0.39 is 28.8 Å². The predicted molar refractivity (Wildman–Crippen MR) is 128 cm³/mol. The lowest BCUT2D eigenvalue weighted by Crippen LogP contribution is -2.28. The molecule has 1 N–H and O–H groups in total. The van der Waals surface area contributed by atoms with Gasteiger partial charge in [-0.1, -0.05) is 19.8 Å². The number of unbranched alkanes of at least 4 members (excludes halogenated alkanes) is 2. The molecule has 1 aliphatic rings. The maximum atomic E-state index is 16.2. The Kier molecular flexibility index (Phi) is 6.09. The zero-order valence-electron chi connectivity index (χ0n) is 20.1. The van der Waals surface area contributed by atoms with Crippen LogP contribution in [0.2, 0.25) is 0 Å². The minimum atomic E-state index is -4.76. The van der Waals surface area contributed by atoms with Gasteiger partial charge in [0.25, 0.3) is 0 Å². The molecule has 0 atom stereocenters. The fourth-order valence-corrected chi connectivity index (χ4v) is 4.82. The molecule has 0 saturated carbocycles. The SMILES string of the molecule is CCCCCN1CCOc2nc(-c3c(C(F)(F)F)c(C)cc4[nH]ncc34)c(F)c3nc(OC)cc1c23. The third-order valence-electron chi connectivity index (χ3n) is 6.46. The van der Waals surface area contributed by atoms with E-state index in [0.29, 0.717) is 29.7 Å². The fourth-order valence-electron chi connectivity index (χ4n) is 4.82. The summed E-state index contributed by atoms with van der Waals surface area (Å²) in [7, 11) is 1.41. The first-order valence-electron chi connectivity index (χ1n) is 11.7. The third kappa shape index (κ3) is 3.96. The number of ether oxygens (including phenoxy) is 2. The number of aryl methyl sites for hydroxylation is 1. The molecule has 36 heavy (non-hydrogen) atoms. The zero-order valence-corrected chi connectivity index (χ0v) is 20.1. The molecule has 7 nitrogen and oxygen atoms in total. The Morgan fingerprint density at radius 2 is 2.00 bits per heavy atom. The average Bonchev–Trinajstić information content (AvgIpc) is 3.23. The van der Waals surface area contributed by atoms with Gasteiger partial charge in [-0.25, -0.2) is 14.4 Å². The van der Waals surface area contributed by atoms with Crippen molar-refractivity contribution < 1.29 is 27.0 Å². The number of pyridine rings is 2. The molecular weight excluding hydrogens is 478 g/mol. The second kappa shape index (κ2) is 9.11. The standard InChI is InChI=1S/C25H25F4N5O2/c1-4-5-6-7-34-8-9-36-24-19-16(34)11-17(35-3)31-23(19)21(26)22(32-24)18-14-12-30-33-15(14)10-13(2)20(18)25(27,28)29/h10-12H,4-9H2,1-3H3,(H,30,33). The molecule has 4 heterocycles. The van der Waals surface area contributed by atoms with Crippen LogP contribution >= 0.6 is 0 Å². The van der Waals surface area contributed by atoms with Crippen molar-refractivity contribution in [2.45, 2.75) is 39.3 Å². The molecule has 0 fully saturated rings. The lowest BCUT2D eigenvalue weighted by atomic mass is 9.94. The van der Waals surface area contributed by atoms with E-state index in [4.69, 9.17) is 9.47 Å². The first-order chi connectivity index (χ1) is 17.2. The van der Waals surface area contributed by atoms with Crippen LogP contribution in [-0.4, -0.2) is 47.0 Å². The lowest BCUT2D eigenvalue weighted by Gasteiger charge is -2.24. The molecule has 5 rings (SSSR count). The van der Waals surface area contributed by atoms with Crippen LogP contribution in [0.5, 0.6) is 11.8 Å². The number of aromatic nitrogens is 4. The van der Waals surface area contributed by atoms with E-state index in [0.717, 1.165) is 19.3 Å². The Bertz CT molecular complexity index is 1450. The van der Waals surface area contributed by atoms with Gasteiger partial charge in [-0.2, -0.15) is 18.3 Å². The van der Waals surface area contributed by atoms with Crippen molar-refractivity contribution in [2.24, 2.45) is 0 Å². The molecule has 1 aliphatic heterocycles. The fraction of sp³-hybridized carbons (Fsp3) is 0.400. The number of halogens is 4. The van der Waals surface area contributed by atoms with Crippen molar-refractivity contribution in [2.75, 3.05) is 31.7 Å². The smallest absolute Gasteiger partial charge is 0.417 e. The maximum absolute atomic E-state index is 16.2. The number of benzene rings is 1. The number of H-pyrrole nitrogens is 1. The second-order valence-corrected chi connectivity index (χ2v) is 8.80. The normalized spacial score (nSPS) is 13.8. The largest absolute Gasteiger partial charge is 0.481 e. The highest BCUT2D eigenvalue weighted by molar-refractivity contribution is 6.02. The van der Waals surface area contributed by atoms with Gasteiger partial charge in [0.1, 0.15) is 17.8 Å². The van der Waals surface area contributed by atoms with Gasteiger partial charge < -0.3 is 14.4 Å². The van der Waals surface area contributed by atoms with E-state index in [9.17, 15) is 13.2 Å². The van der Waals surface area contributed by atoms with E-state index in [2.05, 4.69) is 32.0 Å². The molecular formula is C25H25F4N5O2. The molecule has 0 spiro atoms. The highest BCUT2D eigenvalue weighted by Crippen LogP contribution is 2.46. The number of nitrogens with zero attached hydrogens (tertiary/aromatic N) is 4. The minimum absolute atomic E-state index is 0.0378. The summed E-state index contributed by atoms with van der Waals surface area (Å²) in [6.45, 7) is 4.87. The Morgan fingerprint density at radius 3 is 2.72 bits per heavy atom. The Balaban J connectivity index is 1.83. The Labute approximate surface area is 204 Å². The second-order valence-electron chi connectivity index (χ2n) is 8.80. The predicted octanol–water partition coefficient (Wildman–Crippen LogP) is 6.04. The first kappa shape index (κ1) is 24.1. The summed E-state index contributed by atoms with van der Waals surface area (Å²) < 4.78 is 70.3. The van der Waals surface area contributed by atoms with E-state index in [1.54, 1.807) is 6.07 Å². The topological polar surface area (TPSA) is 76.2 Å². The van der Waals surface area contributed by atoms with Crippen molar-refractivity contribution >= 4 is 27.5 Å². The zero-order chi connectivity index (χ0) is 25.6. The van der Waals surface area contributed by atoms with Crippen molar-refractivity contribution in [3.05, 3.63) is 35.3 Å². The summed E-state index contributed by atoms with van der Waals surface area (Å²) in [5, 5.41) is 6.97. The van der Waals surface area contributed by atoms with Gasteiger partial charge >= 0.3 is 6.18 Å². The summed E-state index contributed by atoms with van der Waals surface area (Å²) in [5.41, 5.74) is -1.14. The number of nitrogens with one attached hydrogen (secondary N) is 1. The molecule has 11 heteroatoms. The first-order valence-corrected chi connectivity index (χ1v) is 11.7. The minimum Gasteiger partial charge on any atom is -0.481 e. The van der Waals surface area contributed by atoms with Crippen molar-refractivity contribution in [3.63, 3.8) is 0 Å². The summed E-state index contributed by atoms with van der Waals surface area (Å²) in [5.74, 6) is -0.794. The summed E-state index contributed by atoms with van der Waals surface area (Å²) in [6, 6.07) is 3.03. The molecule has 0 aliphatic carbocycles. The monoisotopic (exact) mass is 503 g/mol. The number of hydrogen-bond acceptors (Lipinski definition) is 6. The molecule has 0 saturated heterocycles. The van der Waals surface area contributed by atoms with Crippen LogP contribution in [0.4, 0.5) is 23.2 Å². The maximum Gasteiger partial charge on any atom is 0.417 e. The average molecular weight is 504 g/mol. The highest BCUT2D eigenvalue weighted by Gasteiger charge is 2.39. The van der Waals surface area contributed by atoms with E-state index >= 15 is 4.39 Å². The van der Waals surface area contributed by atoms with Crippen LogP contribution < -0.4 is 14.4 Å². The Morgan fingerprint density at radius 1 is 1.19 bits per heavy atom. The van der Waals surface area contributed by atoms with Crippen LogP contribution in [0.15, 0.2) is 18.3 Å². The summed E-state index contributed by atoms with van der Waals surface area (Å²) in [6.07, 6.45) is -0.538. The van der Waals surface area contributed by atoms with E-state index in [1.165, 1.54) is 26.3 Å². The van der Waals surface area contributed by atoms with E-state index in [-0.39, 0.29) is 34.8 Å². The molecule has 4 aromatic rings. The van der Waals surface area contributed by atoms with Crippen LogP contribution in [0, 0.1) is 12.7 Å². The number of rotatable bonds is 6. The lowest BCUT2D eigenvalue weighted by molar-refractivity contribution is -0.137. The van der Waals surface area contributed by atoms with Crippen LogP contribution in [0.25, 0.3) is 33.1 Å². The Hall–Kier alpha value is -3.63. The van der Waals surface area contributed by atoms with Gasteiger partial charge in [-0.15, -0.1) is 0 Å². The summed E-state index contributed by atoms with van der Waals surface area (Å²) >= 11 is 0. The third-order valence-corrected chi connectivity index (χ3v) is 6.46. The molecule has 1 aromatic carbocycles. The van der Waals surface area contributed by atoms with Gasteiger partial charge in [0.05, 0.1) is 42.0 Å². The van der Waals surface area contributed by atoms with Crippen molar-refractivity contribution in [3.8, 4) is 23.0 Å². The quantitative estimate of drug-likeness (QED) is 0.256. The number of anilines is 1. The van der Waals surface area contributed by atoms with Crippen molar-refractivity contribution in [1.29, 1.82) is 0 Å². The van der Waals surface area contributed by atoms with Crippen molar-refractivity contribution in [1.82, 2.24) is 20.2 Å². The van der Waals surface area contributed by atoms with Gasteiger partial charge in [0, 0.05) is 23.6 Å². The van der Waals surface area contributed by atoms with Gasteiger partial charge in [0.2, 0.25) is 11.8 Å². The number of alkyl halides is 3. The van der Waals surface area contributed by atoms with Gasteiger partial charge in [-0.05, 0) is 25.0 Å². The number of fused-ring (bicyclic) bond motifs is 1. The molecule has 0 bridgehead atoms. The summed E-state index contributed by atoms with van der Waals surface area (Å²) in [4.78, 5) is 10.7. The molecule has 0 amide bonds. The van der Waals surface area contributed by atoms with E-state index in [1.807, 2.05) is 0 Å². The number of hydrogen-bond donors (Lipinski definition) is 1. The van der Waals surface area contributed by atoms with Gasteiger partial charge in [0.15, 0.2) is 5.82 Å². The molecule has 190 valence electrons. The molecule has 3 aromatic heterocycles. The molecule has 0 unspecified atom stereocenters. The van der Waals surface area contributed by atoms with Gasteiger partial charge in [-0.3, -0.25) is 5.10 Å². The van der Waals surface area contributed by atoms with Crippen LogP contribution in [0.1, 0.15) is 37.3 Å². The van der Waals surface area contributed by atoms with Crippen LogP contribution in [0.3, 0.4) is 0 Å². The molecule has 0 radical (unpaired) electrons. The van der Waals surface area contributed by atoms with Crippen LogP contribution in [-0.2, 0) is 6.18 Å². The number of methoxy groups -OCH3 is 1. The highest BCUT2D eigenvalue weighted by atomic mass is 19.4.